The fraction of sp³-hybridized carbons (Fsp3) is 0.938. The maximum atomic E-state index is 11.9. The van der Waals surface area contributed by atoms with Gasteiger partial charge in [-0.05, 0) is 19.3 Å². The van der Waals surface area contributed by atoms with Gasteiger partial charge in [0.2, 0.25) is 6.04 Å². The molecule has 0 saturated carbocycles. The number of rotatable bonds is 7. The molecule has 1 fully saturated rings. The Kier molecular flexibility index (Phi) is 8.93. The number of cyclic esters (lactones) is 1. The summed E-state index contributed by atoms with van der Waals surface area (Å²) in [5.74, 6) is 0.0492. The van der Waals surface area contributed by atoms with Gasteiger partial charge >= 0.3 is 5.97 Å². The van der Waals surface area contributed by atoms with Gasteiger partial charge in [-0.3, -0.25) is 0 Å². The van der Waals surface area contributed by atoms with Crippen molar-refractivity contribution in [3.05, 3.63) is 0 Å². The monoisotopic (exact) mass is 318 g/mol. The number of hydrogen-bond acceptors (Lipinski definition) is 5. The van der Waals surface area contributed by atoms with Gasteiger partial charge in [0, 0.05) is 13.2 Å². The summed E-state index contributed by atoms with van der Waals surface area (Å²) < 4.78 is 23.0. The van der Waals surface area contributed by atoms with E-state index in [4.69, 9.17) is 18.9 Å². The molecule has 0 aromatic heterocycles. The molecule has 130 valence electrons. The van der Waals surface area contributed by atoms with Crippen LogP contribution in [0.2, 0.25) is 0 Å². The molecular weight excluding hydrogens is 286 g/mol. The van der Waals surface area contributed by atoms with Crippen molar-refractivity contribution >= 4 is 5.97 Å². The lowest BCUT2D eigenvalue weighted by Crippen LogP contribution is -2.67. The summed E-state index contributed by atoms with van der Waals surface area (Å²) in [4.78, 5) is 11.9. The lowest BCUT2D eigenvalue weighted by Gasteiger charge is -2.31. The van der Waals surface area contributed by atoms with Gasteiger partial charge in [-0.1, -0.05) is 27.2 Å². The fourth-order valence-corrected chi connectivity index (χ4v) is 2.21. The molecule has 1 rings (SSSR count). The van der Waals surface area contributed by atoms with E-state index in [0.717, 1.165) is 12.8 Å². The lowest BCUT2D eigenvalue weighted by atomic mass is 10.1. The van der Waals surface area contributed by atoms with Gasteiger partial charge in [0.25, 0.3) is 0 Å². The zero-order chi connectivity index (χ0) is 16.5. The van der Waals surface area contributed by atoms with Gasteiger partial charge in [0.05, 0.1) is 6.61 Å². The minimum Gasteiger partial charge on any atom is -0.455 e. The second-order valence-electron chi connectivity index (χ2n) is 6.33. The lowest BCUT2D eigenvalue weighted by molar-refractivity contribution is -0.415. The molecule has 0 radical (unpaired) electrons. The predicted molar refractivity (Wildman–Crippen MR) is 82.3 cm³/mol. The number of esters is 1. The first-order chi connectivity index (χ1) is 10.5. The van der Waals surface area contributed by atoms with E-state index >= 15 is 0 Å². The summed E-state index contributed by atoms with van der Waals surface area (Å²) in [5, 5.41) is 0. The van der Waals surface area contributed by atoms with Crippen molar-refractivity contribution in [3.63, 3.8) is 0 Å². The van der Waals surface area contributed by atoms with E-state index in [2.05, 4.69) is 26.5 Å². The molecule has 0 spiro atoms. The fourth-order valence-electron chi connectivity index (χ4n) is 2.21. The molecule has 0 unspecified atom stereocenters. The van der Waals surface area contributed by atoms with Crippen LogP contribution in [0.25, 0.3) is 0 Å². The number of ether oxygens (including phenoxy) is 4. The van der Waals surface area contributed by atoms with Crippen molar-refractivity contribution in [2.75, 3.05) is 26.4 Å². The van der Waals surface area contributed by atoms with E-state index < -0.39 is 6.04 Å². The van der Waals surface area contributed by atoms with Crippen LogP contribution in [-0.2, 0) is 23.7 Å². The summed E-state index contributed by atoms with van der Waals surface area (Å²) in [7, 11) is 0. The number of carbonyl (C=O) groups excluding carboxylic acids is 1. The van der Waals surface area contributed by atoms with Gasteiger partial charge in [0.1, 0.15) is 24.9 Å². The third-order valence-electron chi connectivity index (χ3n) is 3.52. The summed E-state index contributed by atoms with van der Waals surface area (Å²) in [6, 6.07) is -0.511. The highest BCUT2D eigenvalue weighted by Gasteiger charge is 2.35. The minimum atomic E-state index is -0.511. The van der Waals surface area contributed by atoms with E-state index in [0.29, 0.717) is 25.7 Å². The molecule has 4 atom stereocenters. The second-order valence-corrected chi connectivity index (χ2v) is 6.33. The Morgan fingerprint density at radius 1 is 1.32 bits per heavy atom. The first-order valence-corrected chi connectivity index (χ1v) is 8.30. The van der Waals surface area contributed by atoms with E-state index in [-0.39, 0.29) is 30.9 Å². The van der Waals surface area contributed by atoms with Gasteiger partial charge in [-0.15, -0.1) is 0 Å². The average Bonchev–Trinajstić information content (AvgIpc) is 2.49. The van der Waals surface area contributed by atoms with Crippen molar-refractivity contribution in [1.82, 2.24) is 0 Å². The van der Waals surface area contributed by atoms with Gasteiger partial charge in [-0.25, -0.2) is 4.79 Å². The zero-order valence-corrected chi connectivity index (χ0v) is 14.4. The van der Waals surface area contributed by atoms with E-state index in [1.165, 1.54) is 0 Å². The molecule has 6 nitrogen and oxygen atoms in total. The first-order valence-electron chi connectivity index (χ1n) is 8.30. The van der Waals surface area contributed by atoms with Crippen LogP contribution in [0.4, 0.5) is 0 Å². The summed E-state index contributed by atoms with van der Waals surface area (Å²) in [6.07, 6.45) is 1.10. The largest absolute Gasteiger partial charge is 0.455 e. The Bertz CT molecular complexity index is 324. The molecule has 0 bridgehead atoms. The van der Waals surface area contributed by atoms with E-state index in [1.54, 1.807) is 0 Å². The molecule has 6 heteroatoms. The zero-order valence-electron chi connectivity index (χ0n) is 14.4. The van der Waals surface area contributed by atoms with Gasteiger partial charge in [-0.2, -0.15) is 0 Å². The Morgan fingerprint density at radius 3 is 2.68 bits per heavy atom. The van der Waals surface area contributed by atoms with Crippen molar-refractivity contribution < 1.29 is 29.5 Å². The first kappa shape index (κ1) is 19.4. The van der Waals surface area contributed by atoms with Gasteiger partial charge < -0.3 is 24.7 Å². The highest BCUT2D eigenvalue weighted by atomic mass is 16.6. The van der Waals surface area contributed by atoms with Crippen molar-refractivity contribution in [2.45, 2.75) is 64.9 Å². The smallest absolute Gasteiger partial charge is 0.367 e. The highest BCUT2D eigenvalue weighted by Crippen LogP contribution is 2.17. The van der Waals surface area contributed by atoms with Crippen molar-refractivity contribution in [3.8, 4) is 0 Å². The second kappa shape index (κ2) is 10.2. The molecule has 0 aliphatic carbocycles. The van der Waals surface area contributed by atoms with Crippen LogP contribution in [0.1, 0.15) is 40.5 Å². The predicted octanol–water partition coefficient (Wildman–Crippen LogP) is 0.785. The normalized spacial score (nSPS) is 30.5. The molecule has 3 N–H and O–H groups in total. The van der Waals surface area contributed by atoms with Crippen LogP contribution in [0.5, 0.6) is 0 Å². The highest BCUT2D eigenvalue weighted by molar-refractivity contribution is 5.74. The maximum Gasteiger partial charge on any atom is 0.367 e. The molecular formula is C16H32NO5+. The molecule has 22 heavy (non-hydrogen) atoms. The topological polar surface area (TPSA) is 81.6 Å². The van der Waals surface area contributed by atoms with Gasteiger partial charge in [0.15, 0.2) is 0 Å². The van der Waals surface area contributed by atoms with Crippen LogP contribution >= 0.6 is 0 Å². The standard InChI is InChI=1S/C16H31NO5/c1-5-6-7-20-14-10-19-9-13(17)16(18)22-12(4)15(14)21-8-11(2)3/h11-15H,5-10,17H2,1-4H3/p+1/t12-,13-,14-,15-/m0/s1. The molecule has 0 aromatic rings. The number of quaternary nitrogens is 1. The molecule has 1 aliphatic heterocycles. The van der Waals surface area contributed by atoms with Crippen LogP contribution in [0, 0.1) is 5.92 Å². The third kappa shape index (κ3) is 6.60. The van der Waals surface area contributed by atoms with Crippen molar-refractivity contribution in [1.29, 1.82) is 0 Å². The van der Waals surface area contributed by atoms with E-state index in [9.17, 15) is 4.79 Å². The SMILES string of the molecule is CCCCO[C@H]1COC[C@H]([NH3+])C(=O)O[C@@H](C)[C@@H]1OCC(C)C. The number of hydrogen-bond donors (Lipinski definition) is 1. The number of carbonyl (C=O) groups is 1. The minimum absolute atomic E-state index is 0.238. The molecule has 1 saturated heterocycles. The number of unbranched alkanes of at least 4 members (excludes halogenated alkanes) is 1. The summed E-state index contributed by atoms with van der Waals surface area (Å²) in [5.41, 5.74) is 3.77. The Labute approximate surface area is 133 Å². The maximum absolute atomic E-state index is 11.9. The van der Waals surface area contributed by atoms with Crippen LogP contribution in [0.3, 0.4) is 0 Å². The van der Waals surface area contributed by atoms with E-state index in [1.807, 2.05) is 6.92 Å². The Hall–Kier alpha value is -0.690. The summed E-state index contributed by atoms with van der Waals surface area (Å²) in [6.45, 7) is 10.0. The Morgan fingerprint density at radius 2 is 2.05 bits per heavy atom. The van der Waals surface area contributed by atoms with Crippen molar-refractivity contribution in [2.24, 2.45) is 5.92 Å². The van der Waals surface area contributed by atoms with Crippen LogP contribution < -0.4 is 5.73 Å². The Balaban J connectivity index is 2.77. The average molecular weight is 318 g/mol. The molecule has 0 amide bonds. The third-order valence-corrected chi connectivity index (χ3v) is 3.52. The molecule has 1 aliphatic rings. The van der Waals surface area contributed by atoms with Crippen LogP contribution in [-0.4, -0.2) is 56.8 Å². The van der Waals surface area contributed by atoms with Crippen LogP contribution in [0.15, 0.2) is 0 Å². The summed E-state index contributed by atoms with van der Waals surface area (Å²) >= 11 is 0. The molecule has 0 aromatic carbocycles. The molecule has 1 heterocycles. The quantitative estimate of drug-likeness (QED) is 0.554.